The van der Waals surface area contributed by atoms with Gasteiger partial charge in [-0.2, -0.15) is 0 Å². The normalized spacial score (nSPS) is 11.9. The van der Waals surface area contributed by atoms with Crippen molar-refractivity contribution in [2.24, 2.45) is 0 Å². The van der Waals surface area contributed by atoms with Gasteiger partial charge in [0.1, 0.15) is 5.75 Å². The van der Waals surface area contributed by atoms with Crippen molar-refractivity contribution in [1.82, 2.24) is 9.88 Å². The van der Waals surface area contributed by atoms with Crippen molar-refractivity contribution in [3.8, 4) is 0 Å². The second kappa shape index (κ2) is 8.61. The number of rotatable bonds is 7. The van der Waals surface area contributed by atoms with Crippen LogP contribution in [0.25, 0.3) is 10.2 Å². The lowest BCUT2D eigenvalue weighted by molar-refractivity contribution is -0.116. The van der Waals surface area contributed by atoms with Crippen LogP contribution in [0, 0.1) is 13.8 Å². The fourth-order valence-corrected chi connectivity index (χ4v) is 5.14. The van der Waals surface area contributed by atoms with Crippen LogP contribution >= 0.6 is 11.3 Å². The second-order valence-corrected chi connectivity index (χ2v) is 10.4. The number of thiazole rings is 1. The predicted octanol–water partition coefficient (Wildman–Crippen LogP) is 3.28. The van der Waals surface area contributed by atoms with E-state index in [2.05, 4.69) is 4.98 Å². The summed E-state index contributed by atoms with van der Waals surface area (Å²) in [6.45, 7) is 4.86. The van der Waals surface area contributed by atoms with Crippen molar-refractivity contribution in [2.75, 3.05) is 37.8 Å². The summed E-state index contributed by atoms with van der Waals surface area (Å²) in [5.74, 6) is -1.05. The van der Waals surface area contributed by atoms with Gasteiger partial charge < -0.3 is 4.90 Å². The SMILES string of the molecule is Cc1ccc(S(=O)(=O)CC(=O)N(CCN(C)C)c2nc3ccc(C)cc3s2)cc1. The van der Waals surface area contributed by atoms with Gasteiger partial charge in [-0.1, -0.05) is 35.1 Å². The van der Waals surface area contributed by atoms with Crippen molar-refractivity contribution in [3.05, 3.63) is 53.6 Å². The largest absolute Gasteiger partial charge is 0.308 e. The van der Waals surface area contributed by atoms with E-state index in [9.17, 15) is 13.2 Å². The summed E-state index contributed by atoms with van der Waals surface area (Å²) in [7, 11) is 0.0877. The van der Waals surface area contributed by atoms with Crippen LogP contribution in [0.2, 0.25) is 0 Å². The number of benzene rings is 2. The van der Waals surface area contributed by atoms with Crippen LogP contribution in [-0.2, 0) is 14.6 Å². The van der Waals surface area contributed by atoms with E-state index in [1.54, 1.807) is 24.3 Å². The number of aromatic nitrogens is 1. The number of anilines is 1. The minimum absolute atomic E-state index is 0.156. The molecule has 0 saturated heterocycles. The maximum atomic E-state index is 13.1. The average Bonchev–Trinajstić information content (AvgIpc) is 3.04. The number of carbonyl (C=O) groups excluding carboxylic acids is 1. The number of nitrogens with zero attached hydrogens (tertiary/aromatic N) is 3. The zero-order valence-electron chi connectivity index (χ0n) is 17.0. The van der Waals surface area contributed by atoms with Crippen molar-refractivity contribution in [2.45, 2.75) is 18.7 Å². The van der Waals surface area contributed by atoms with E-state index in [1.165, 1.54) is 16.2 Å². The summed E-state index contributed by atoms with van der Waals surface area (Å²) in [4.78, 5) is 21.2. The molecule has 0 N–H and O–H groups in total. The van der Waals surface area contributed by atoms with E-state index in [0.717, 1.165) is 21.3 Å². The molecular weight excluding hydrogens is 406 g/mol. The molecule has 154 valence electrons. The molecule has 2 aromatic carbocycles. The Balaban J connectivity index is 1.90. The van der Waals surface area contributed by atoms with Gasteiger partial charge in [-0.15, -0.1) is 0 Å². The number of amides is 1. The number of carbonyl (C=O) groups is 1. The van der Waals surface area contributed by atoms with Gasteiger partial charge in [-0.05, 0) is 57.8 Å². The van der Waals surface area contributed by atoms with Crippen molar-refractivity contribution < 1.29 is 13.2 Å². The van der Waals surface area contributed by atoms with Gasteiger partial charge in [0, 0.05) is 13.1 Å². The highest BCUT2D eigenvalue weighted by Gasteiger charge is 2.26. The lowest BCUT2D eigenvalue weighted by Gasteiger charge is -2.22. The standard InChI is InChI=1S/C21H25N3O3S2/c1-15-5-8-17(9-6-15)29(26,27)14-20(25)24(12-11-23(3)4)21-22-18-10-7-16(2)13-19(18)28-21/h5-10,13H,11-12,14H2,1-4H3. The van der Waals surface area contributed by atoms with Crippen LogP contribution in [0.5, 0.6) is 0 Å². The average molecular weight is 432 g/mol. The van der Waals surface area contributed by atoms with E-state index >= 15 is 0 Å². The molecule has 0 fully saturated rings. The number of sulfone groups is 1. The molecule has 0 radical (unpaired) electrons. The number of hydrogen-bond acceptors (Lipinski definition) is 6. The highest BCUT2D eigenvalue weighted by molar-refractivity contribution is 7.92. The minimum Gasteiger partial charge on any atom is -0.308 e. The molecule has 0 aliphatic rings. The summed E-state index contributed by atoms with van der Waals surface area (Å²) in [5, 5.41) is 0.525. The fourth-order valence-electron chi connectivity index (χ4n) is 2.83. The molecule has 0 atom stereocenters. The summed E-state index contributed by atoms with van der Waals surface area (Å²) in [5.41, 5.74) is 2.88. The van der Waals surface area contributed by atoms with Gasteiger partial charge >= 0.3 is 0 Å². The first-order valence-corrected chi connectivity index (χ1v) is 11.7. The molecule has 3 aromatic rings. The van der Waals surface area contributed by atoms with E-state index in [1.807, 2.05) is 51.0 Å². The van der Waals surface area contributed by atoms with Gasteiger partial charge in [-0.3, -0.25) is 9.69 Å². The molecule has 0 aliphatic heterocycles. The van der Waals surface area contributed by atoms with Crippen LogP contribution in [-0.4, -0.2) is 57.1 Å². The Labute approximate surface area is 175 Å². The molecule has 0 aliphatic carbocycles. The Morgan fingerprint density at radius 3 is 2.31 bits per heavy atom. The van der Waals surface area contributed by atoms with Crippen molar-refractivity contribution in [3.63, 3.8) is 0 Å². The first kappa shape index (κ1) is 21.4. The van der Waals surface area contributed by atoms with Crippen molar-refractivity contribution >= 4 is 42.4 Å². The zero-order chi connectivity index (χ0) is 21.2. The molecular formula is C21H25N3O3S2. The maximum Gasteiger partial charge on any atom is 0.244 e. The number of fused-ring (bicyclic) bond motifs is 1. The third-order valence-corrected chi connectivity index (χ3v) is 7.19. The van der Waals surface area contributed by atoms with Crippen molar-refractivity contribution in [1.29, 1.82) is 0 Å². The summed E-state index contributed by atoms with van der Waals surface area (Å²) in [6.07, 6.45) is 0. The molecule has 6 nitrogen and oxygen atoms in total. The molecule has 3 rings (SSSR count). The lowest BCUT2D eigenvalue weighted by atomic mass is 10.2. The predicted molar refractivity (Wildman–Crippen MR) is 118 cm³/mol. The smallest absolute Gasteiger partial charge is 0.244 e. The Bertz CT molecular complexity index is 1120. The highest BCUT2D eigenvalue weighted by Crippen LogP contribution is 2.30. The van der Waals surface area contributed by atoms with Gasteiger partial charge in [0.25, 0.3) is 0 Å². The van der Waals surface area contributed by atoms with Crippen LogP contribution < -0.4 is 4.90 Å². The molecule has 0 spiro atoms. The third kappa shape index (κ3) is 5.20. The Morgan fingerprint density at radius 2 is 1.66 bits per heavy atom. The zero-order valence-corrected chi connectivity index (χ0v) is 18.7. The van der Waals surface area contributed by atoms with Crippen LogP contribution in [0.15, 0.2) is 47.4 Å². The highest BCUT2D eigenvalue weighted by atomic mass is 32.2. The van der Waals surface area contributed by atoms with Crippen LogP contribution in [0.3, 0.4) is 0 Å². The molecule has 0 saturated carbocycles. The third-order valence-electron chi connectivity index (χ3n) is 4.53. The quantitative estimate of drug-likeness (QED) is 0.574. The first-order chi connectivity index (χ1) is 13.7. The minimum atomic E-state index is -3.73. The number of likely N-dealkylation sites (N-methyl/N-ethyl adjacent to an activating group) is 1. The lowest BCUT2D eigenvalue weighted by Crippen LogP contribution is -2.40. The molecule has 8 heteroatoms. The number of aryl methyl sites for hydroxylation is 2. The van der Waals surface area contributed by atoms with E-state index < -0.39 is 21.5 Å². The summed E-state index contributed by atoms with van der Waals surface area (Å²) >= 11 is 1.40. The molecule has 1 heterocycles. The Hall–Kier alpha value is -2.29. The van der Waals surface area contributed by atoms with Gasteiger partial charge in [0.15, 0.2) is 15.0 Å². The van der Waals surface area contributed by atoms with Crippen LogP contribution in [0.1, 0.15) is 11.1 Å². The fraction of sp³-hybridized carbons (Fsp3) is 0.333. The molecule has 0 bridgehead atoms. The molecule has 1 aromatic heterocycles. The molecule has 29 heavy (non-hydrogen) atoms. The molecule has 0 unspecified atom stereocenters. The summed E-state index contributed by atoms with van der Waals surface area (Å²) in [6, 6.07) is 12.5. The van der Waals surface area contributed by atoms with Crippen LogP contribution in [0.4, 0.5) is 5.13 Å². The Morgan fingerprint density at radius 1 is 1.00 bits per heavy atom. The van der Waals surface area contributed by atoms with E-state index in [4.69, 9.17) is 0 Å². The first-order valence-electron chi connectivity index (χ1n) is 9.27. The maximum absolute atomic E-state index is 13.1. The molecule has 1 amide bonds. The van der Waals surface area contributed by atoms with Gasteiger partial charge in [0.05, 0.1) is 15.1 Å². The van der Waals surface area contributed by atoms with E-state index in [-0.39, 0.29) is 4.90 Å². The monoisotopic (exact) mass is 431 g/mol. The van der Waals surface area contributed by atoms with E-state index in [0.29, 0.717) is 18.2 Å². The Kier molecular flexibility index (Phi) is 6.36. The summed E-state index contributed by atoms with van der Waals surface area (Å²) < 4.78 is 26.5. The van der Waals surface area contributed by atoms with Gasteiger partial charge in [-0.25, -0.2) is 13.4 Å². The van der Waals surface area contributed by atoms with Gasteiger partial charge in [0.2, 0.25) is 5.91 Å². The second-order valence-electron chi connectivity index (χ2n) is 7.39. The topological polar surface area (TPSA) is 70.6 Å². The number of hydrogen-bond donors (Lipinski definition) is 0.